The summed E-state index contributed by atoms with van der Waals surface area (Å²) < 4.78 is 44.4. The van der Waals surface area contributed by atoms with E-state index in [2.05, 4.69) is 5.32 Å². The molecule has 18 heavy (non-hydrogen) atoms. The van der Waals surface area contributed by atoms with Crippen LogP contribution in [0.2, 0.25) is 0 Å². The highest BCUT2D eigenvalue weighted by molar-refractivity contribution is 4.89. The SMILES string of the molecule is CC(NC1CCCCC1C(F)(F)F)C1CCCO1. The van der Waals surface area contributed by atoms with Crippen LogP contribution in [0.25, 0.3) is 0 Å². The van der Waals surface area contributed by atoms with Gasteiger partial charge in [-0.1, -0.05) is 12.8 Å². The predicted octanol–water partition coefficient (Wildman–Crippen LogP) is 3.26. The Morgan fingerprint density at radius 2 is 1.83 bits per heavy atom. The van der Waals surface area contributed by atoms with Crippen LogP contribution in [0, 0.1) is 5.92 Å². The number of hydrogen-bond acceptors (Lipinski definition) is 2. The first-order chi connectivity index (χ1) is 8.48. The van der Waals surface area contributed by atoms with E-state index in [-0.39, 0.29) is 18.6 Å². The van der Waals surface area contributed by atoms with E-state index < -0.39 is 18.1 Å². The number of alkyl halides is 3. The first kappa shape index (κ1) is 14.1. The van der Waals surface area contributed by atoms with Crippen LogP contribution in [-0.2, 0) is 4.74 Å². The van der Waals surface area contributed by atoms with Crippen LogP contribution in [0.15, 0.2) is 0 Å². The van der Waals surface area contributed by atoms with Gasteiger partial charge in [0.1, 0.15) is 0 Å². The molecule has 1 saturated heterocycles. The van der Waals surface area contributed by atoms with Gasteiger partial charge in [-0.25, -0.2) is 0 Å². The van der Waals surface area contributed by atoms with Crippen molar-refractivity contribution in [1.29, 1.82) is 0 Å². The summed E-state index contributed by atoms with van der Waals surface area (Å²) in [6.45, 7) is 2.68. The summed E-state index contributed by atoms with van der Waals surface area (Å²) in [6.07, 6.45) is 0.455. The van der Waals surface area contributed by atoms with Gasteiger partial charge in [-0.2, -0.15) is 13.2 Å². The second-order valence-electron chi connectivity index (χ2n) is 5.55. The van der Waals surface area contributed by atoms with Crippen molar-refractivity contribution in [1.82, 2.24) is 5.32 Å². The molecule has 0 radical (unpaired) electrons. The van der Waals surface area contributed by atoms with Gasteiger partial charge in [0.25, 0.3) is 0 Å². The van der Waals surface area contributed by atoms with E-state index in [0.717, 1.165) is 25.9 Å². The topological polar surface area (TPSA) is 21.3 Å². The molecule has 2 aliphatic rings. The predicted molar refractivity (Wildman–Crippen MR) is 63.4 cm³/mol. The van der Waals surface area contributed by atoms with Gasteiger partial charge >= 0.3 is 6.18 Å². The Morgan fingerprint density at radius 1 is 1.11 bits per heavy atom. The Kier molecular flexibility index (Phi) is 4.54. The lowest BCUT2D eigenvalue weighted by Gasteiger charge is -2.36. The fourth-order valence-electron chi connectivity index (χ4n) is 3.16. The molecule has 4 atom stereocenters. The fourth-order valence-corrected chi connectivity index (χ4v) is 3.16. The zero-order valence-electron chi connectivity index (χ0n) is 10.8. The lowest BCUT2D eigenvalue weighted by Crippen LogP contribution is -2.51. The number of ether oxygens (including phenoxy) is 1. The molecule has 2 rings (SSSR count). The summed E-state index contributed by atoms with van der Waals surface area (Å²) in [7, 11) is 0. The maximum absolute atomic E-state index is 12.9. The van der Waals surface area contributed by atoms with Crippen molar-refractivity contribution in [2.75, 3.05) is 6.61 Å². The monoisotopic (exact) mass is 265 g/mol. The van der Waals surface area contributed by atoms with E-state index in [9.17, 15) is 13.2 Å². The Hall–Kier alpha value is -0.290. The lowest BCUT2D eigenvalue weighted by atomic mass is 9.83. The quantitative estimate of drug-likeness (QED) is 0.845. The highest BCUT2D eigenvalue weighted by Crippen LogP contribution is 2.38. The largest absolute Gasteiger partial charge is 0.393 e. The highest BCUT2D eigenvalue weighted by Gasteiger charge is 2.46. The van der Waals surface area contributed by atoms with Gasteiger partial charge in [0.15, 0.2) is 0 Å². The second kappa shape index (κ2) is 5.78. The van der Waals surface area contributed by atoms with Crippen LogP contribution in [0.4, 0.5) is 13.2 Å². The second-order valence-corrected chi connectivity index (χ2v) is 5.55. The van der Waals surface area contributed by atoms with Crippen LogP contribution >= 0.6 is 0 Å². The van der Waals surface area contributed by atoms with E-state index in [0.29, 0.717) is 12.8 Å². The summed E-state index contributed by atoms with van der Waals surface area (Å²) in [5.74, 6) is -1.19. The first-order valence-corrected chi connectivity index (χ1v) is 6.93. The molecule has 5 heteroatoms. The third-order valence-electron chi connectivity index (χ3n) is 4.19. The van der Waals surface area contributed by atoms with Gasteiger partial charge in [-0.3, -0.25) is 0 Å². The Morgan fingerprint density at radius 3 is 2.44 bits per heavy atom. The van der Waals surface area contributed by atoms with Gasteiger partial charge in [0.05, 0.1) is 12.0 Å². The van der Waals surface area contributed by atoms with Gasteiger partial charge in [0.2, 0.25) is 0 Å². The van der Waals surface area contributed by atoms with Crippen LogP contribution in [0.3, 0.4) is 0 Å². The number of hydrogen-bond donors (Lipinski definition) is 1. The Labute approximate surface area is 106 Å². The van der Waals surface area contributed by atoms with E-state index in [1.54, 1.807) is 0 Å². The molecule has 0 aromatic carbocycles. The van der Waals surface area contributed by atoms with Gasteiger partial charge in [-0.15, -0.1) is 0 Å². The van der Waals surface area contributed by atoms with Crippen molar-refractivity contribution >= 4 is 0 Å². The van der Waals surface area contributed by atoms with E-state index in [1.165, 1.54) is 0 Å². The minimum absolute atomic E-state index is 0.0143. The van der Waals surface area contributed by atoms with E-state index >= 15 is 0 Å². The lowest BCUT2D eigenvalue weighted by molar-refractivity contribution is -0.190. The molecule has 0 aromatic rings. The minimum atomic E-state index is -4.08. The summed E-state index contributed by atoms with van der Waals surface area (Å²) in [5.41, 5.74) is 0. The maximum atomic E-state index is 12.9. The molecular formula is C13H22F3NO. The van der Waals surface area contributed by atoms with E-state index in [4.69, 9.17) is 4.74 Å². The molecule has 2 fully saturated rings. The molecule has 106 valence electrons. The normalized spacial score (nSPS) is 35.7. The van der Waals surface area contributed by atoms with Crippen molar-refractivity contribution in [2.45, 2.75) is 69.8 Å². The Balaban J connectivity index is 1.92. The van der Waals surface area contributed by atoms with Gasteiger partial charge in [0, 0.05) is 18.7 Å². The average molecular weight is 265 g/mol. The standard InChI is InChI=1S/C13H22F3NO/c1-9(12-7-4-8-18-12)17-11-6-3-2-5-10(11)13(14,15)16/h9-12,17H,2-8H2,1H3. The third kappa shape index (κ3) is 3.38. The molecule has 4 unspecified atom stereocenters. The first-order valence-electron chi connectivity index (χ1n) is 6.93. The smallest absolute Gasteiger partial charge is 0.377 e. The number of rotatable bonds is 3. The minimum Gasteiger partial charge on any atom is -0.377 e. The molecule has 1 heterocycles. The summed E-state index contributed by atoms with van der Waals surface area (Å²) in [5, 5.41) is 3.17. The van der Waals surface area contributed by atoms with Crippen LogP contribution in [-0.4, -0.2) is 31.0 Å². The third-order valence-corrected chi connectivity index (χ3v) is 4.19. The number of halogens is 3. The maximum Gasteiger partial charge on any atom is 0.393 e. The Bertz CT molecular complexity index is 263. The van der Waals surface area contributed by atoms with E-state index in [1.807, 2.05) is 6.92 Å². The van der Waals surface area contributed by atoms with Crippen molar-refractivity contribution < 1.29 is 17.9 Å². The van der Waals surface area contributed by atoms with Gasteiger partial charge in [-0.05, 0) is 32.6 Å². The molecule has 1 aliphatic carbocycles. The average Bonchev–Trinajstić information content (AvgIpc) is 2.81. The molecule has 0 amide bonds. The zero-order valence-corrected chi connectivity index (χ0v) is 10.8. The van der Waals surface area contributed by atoms with Crippen LogP contribution in [0.5, 0.6) is 0 Å². The van der Waals surface area contributed by atoms with Crippen LogP contribution < -0.4 is 5.32 Å². The van der Waals surface area contributed by atoms with Crippen molar-refractivity contribution in [2.24, 2.45) is 5.92 Å². The molecular weight excluding hydrogens is 243 g/mol. The van der Waals surface area contributed by atoms with Gasteiger partial charge < -0.3 is 10.1 Å². The van der Waals surface area contributed by atoms with Crippen LogP contribution in [0.1, 0.15) is 45.4 Å². The molecule has 0 aromatic heterocycles. The molecule has 1 saturated carbocycles. The summed E-state index contributed by atoms with van der Waals surface area (Å²) in [4.78, 5) is 0. The molecule has 0 spiro atoms. The zero-order chi connectivity index (χ0) is 13.2. The molecule has 1 N–H and O–H groups in total. The summed E-state index contributed by atoms with van der Waals surface area (Å²) >= 11 is 0. The number of nitrogens with one attached hydrogen (secondary N) is 1. The molecule has 2 nitrogen and oxygen atoms in total. The molecule has 1 aliphatic heterocycles. The van der Waals surface area contributed by atoms with Crippen molar-refractivity contribution in [3.05, 3.63) is 0 Å². The summed E-state index contributed by atoms with van der Waals surface area (Å²) in [6, 6.07) is -0.418. The molecule has 0 bridgehead atoms. The van der Waals surface area contributed by atoms with Crippen molar-refractivity contribution in [3.8, 4) is 0 Å². The highest BCUT2D eigenvalue weighted by atomic mass is 19.4. The fraction of sp³-hybridized carbons (Fsp3) is 1.00. The van der Waals surface area contributed by atoms with Crippen molar-refractivity contribution in [3.63, 3.8) is 0 Å².